The van der Waals surface area contributed by atoms with Crippen LogP contribution in [-0.2, 0) is 44.7 Å². The zero-order chi connectivity index (χ0) is 46.0. The number of nitro benzene ring substituents is 1. The Hall–Kier alpha value is -6.16. The summed E-state index contributed by atoms with van der Waals surface area (Å²) in [6.07, 6.45) is -3.73. The topological polar surface area (TPSA) is 252 Å². The number of nitrogens with one attached hydrogen (secondary N) is 4. The van der Waals surface area contributed by atoms with Gasteiger partial charge in [0.15, 0.2) is 0 Å². The lowest BCUT2D eigenvalue weighted by atomic mass is 10.0. The van der Waals surface area contributed by atoms with Gasteiger partial charge in [0, 0.05) is 37.2 Å². The first-order chi connectivity index (χ1) is 29.1. The van der Waals surface area contributed by atoms with Gasteiger partial charge in [-0.05, 0) is 63.4 Å². The highest BCUT2D eigenvalue weighted by atomic mass is 19.3. The largest absolute Gasteiger partial charge is 0.513 e. The van der Waals surface area contributed by atoms with Crippen molar-refractivity contribution >= 4 is 47.4 Å². The van der Waals surface area contributed by atoms with E-state index in [1.54, 1.807) is 34.6 Å². The number of hydrogen-bond acceptors (Lipinski definition) is 14. The summed E-state index contributed by atoms with van der Waals surface area (Å²) in [6.45, 7) is 9.28. The fourth-order valence-corrected chi connectivity index (χ4v) is 5.52. The van der Waals surface area contributed by atoms with Crippen LogP contribution in [0, 0.1) is 16.0 Å². The van der Waals surface area contributed by atoms with Gasteiger partial charge in [-0.25, -0.2) is 23.2 Å². The van der Waals surface area contributed by atoms with E-state index in [0.29, 0.717) is 11.3 Å². The van der Waals surface area contributed by atoms with Gasteiger partial charge in [0.2, 0.25) is 17.7 Å². The van der Waals surface area contributed by atoms with Crippen molar-refractivity contribution in [3.05, 3.63) is 64.2 Å². The van der Waals surface area contributed by atoms with E-state index in [-0.39, 0.29) is 63.4 Å². The lowest BCUT2D eigenvalue weighted by molar-refractivity contribution is -0.384. The minimum absolute atomic E-state index is 0.0289. The smallest absolute Gasteiger partial charge is 0.445 e. The zero-order valence-electron chi connectivity index (χ0n) is 35.4. The van der Waals surface area contributed by atoms with Crippen LogP contribution < -0.4 is 26.0 Å². The Morgan fingerprint density at radius 3 is 2.15 bits per heavy atom. The Kier molecular flexibility index (Phi) is 19.2. The zero-order valence-corrected chi connectivity index (χ0v) is 35.4. The highest BCUT2D eigenvalue weighted by molar-refractivity contribution is 5.98. The number of rotatable bonds is 21. The molecule has 1 heterocycles. The molecule has 62 heavy (non-hydrogen) atoms. The summed E-state index contributed by atoms with van der Waals surface area (Å²) in [5.74, 6) is -5.26. The second kappa shape index (κ2) is 23.7. The lowest BCUT2D eigenvalue weighted by Crippen LogP contribution is -2.53. The van der Waals surface area contributed by atoms with Gasteiger partial charge in [0.05, 0.1) is 43.9 Å². The van der Waals surface area contributed by atoms with Crippen molar-refractivity contribution in [3.8, 4) is 5.75 Å². The average molecular weight is 881 g/mol. The quantitative estimate of drug-likeness (QED) is 0.0332. The molecule has 5 amide bonds. The van der Waals surface area contributed by atoms with Gasteiger partial charge in [-0.2, -0.15) is 0 Å². The normalized spacial score (nSPS) is 15.4. The van der Waals surface area contributed by atoms with Gasteiger partial charge in [-0.1, -0.05) is 26.0 Å². The third-order valence-corrected chi connectivity index (χ3v) is 8.62. The molecule has 0 saturated carbocycles. The van der Waals surface area contributed by atoms with Crippen LogP contribution in [-0.4, -0.2) is 122 Å². The Morgan fingerprint density at radius 2 is 1.53 bits per heavy atom. The van der Waals surface area contributed by atoms with E-state index < -0.39 is 90.2 Å². The summed E-state index contributed by atoms with van der Waals surface area (Å²) in [5, 5.41) is 21.3. The minimum Gasteiger partial charge on any atom is -0.445 e. The number of alkyl carbamates (subject to hydrolysis) is 1. The van der Waals surface area contributed by atoms with Crippen molar-refractivity contribution in [2.24, 2.45) is 5.92 Å². The molecule has 0 bridgehead atoms. The maximum absolute atomic E-state index is 14.3. The van der Waals surface area contributed by atoms with E-state index in [4.69, 9.17) is 28.4 Å². The molecule has 3 atom stereocenters. The number of halogens is 2. The van der Waals surface area contributed by atoms with Gasteiger partial charge in [0.25, 0.3) is 11.6 Å². The van der Waals surface area contributed by atoms with Crippen molar-refractivity contribution in [3.63, 3.8) is 0 Å². The number of nitro groups is 1. The molecule has 0 radical (unpaired) electrons. The lowest BCUT2D eigenvalue weighted by Gasteiger charge is -2.24. The number of ether oxygens (including phenoxy) is 6. The first-order valence-electron chi connectivity index (χ1n) is 19.6. The van der Waals surface area contributed by atoms with E-state index in [2.05, 4.69) is 21.3 Å². The third kappa shape index (κ3) is 18.2. The molecule has 4 N–H and O–H groups in total. The van der Waals surface area contributed by atoms with Gasteiger partial charge >= 0.3 is 18.3 Å². The summed E-state index contributed by atoms with van der Waals surface area (Å²) in [4.78, 5) is 86.0. The molecule has 0 aromatic heterocycles. The molecule has 22 heteroatoms. The Bertz CT molecular complexity index is 1840. The average Bonchev–Trinajstić information content (AvgIpc) is 3.51. The number of amides is 5. The summed E-state index contributed by atoms with van der Waals surface area (Å²) in [7, 11) is 0. The number of hydrogen-bond donors (Lipinski definition) is 4. The van der Waals surface area contributed by atoms with Crippen LogP contribution in [0.15, 0.2) is 48.5 Å². The van der Waals surface area contributed by atoms with Crippen LogP contribution in [0.1, 0.15) is 59.9 Å². The molecule has 1 aliphatic rings. The molecule has 2 aromatic rings. The number of non-ortho nitro benzene ring substituents is 1. The van der Waals surface area contributed by atoms with Crippen LogP contribution in [0.5, 0.6) is 5.75 Å². The van der Waals surface area contributed by atoms with Crippen LogP contribution in [0.4, 0.5) is 34.5 Å². The van der Waals surface area contributed by atoms with Crippen molar-refractivity contribution < 1.29 is 70.9 Å². The summed E-state index contributed by atoms with van der Waals surface area (Å²) in [5.41, 5.74) is -0.0641. The van der Waals surface area contributed by atoms with E-state index in [9.17, 15) is 47.7 Å². The second-order valence-corrected chi connectivity index (χ2v) is 15.4. The number of benzene rings is 2. The second-order valence-electron chi connectivity index (χ2n) is 15.4. The summed E-state index contributed by atoms with van der Waals surface area (Å²) >= 11 is 0. The van der Waals surface area contributed by atoms with Crippen LogP contribution >= 0.6 is 0 Å². The SMILES string of the molecule is CC(C)[C@H](NC(=O)CCOCCOCCNC(=O)OC(C)(C)C)C(=O)N[C@@H](C)C(=O)Nc1ccc(COC(=O)N2CC(F)(F)C[C@H]2COC(=O)Oc2ccc([N+](=O)[O-])cc2)cc1. The standard InChI is InChI=1S/C40H54F2N6O14/c1-25(2)33(46-32(49)15-17-57-19-20-58-18-16-43-36(52)62-39(4,5)6)35(51)44-26(3)34(50)45-28-9-7-27(8-10-28)22-59-37(53)47-24-40(41,42)21-30(47)23-60-38(54)61-31-13-11-29(12-14-31)48(55)56/h7-14,25-26,30,33H,15-24H2,1-6H3,(H,43,52)(H,44,51)(H,45,50)(H,46,49)/t26-,30-,33-/m0/s1. The molecule has 342 valence electrons. The van der Waals surface area contributed by atoms with Crippen molar-refractivity contribution in [2.75, 3.05) is 51.4 Å². The summed E-state index contributed by atoms with van der Waals surface area (Å²) < 4.78 is 59.6. The first-order valence-corrected chi connectivity index (χ1v) is 19.6. The molecule has 1 saturated heterocycles. The third-order valence-electron chi connectivity index (χ3n) is 8.62. The molecule has 2 aromatic carbocycles. The van der Waals surface area contributed by atoms with Crippen LogP contribution in [0.25, 0.3) is 0 Å². The van der Waals surface area contributed by atoms with Crippen molar-refractivity contribution in [2.45, 2.75) is 90.6 Å². The summed E-state index contributed by atoms with van der Waals surface area (Å²) in [6, 6.07) is 7.36. The molecule has 20 nitrogen and oxygen atoms in total. The fraction of sp³-hybridized carbons (Fsp3) is 0.550. The molecule has 0 unspecified atom stereocenters. The fourth-order valence-electron chi connectivity index (χ4n) is 5.52. The van der Waals surface area contributed by atoms with Crippen LogP contribution in [0.2, 0.25) is 0 Å². The van der Waals surface area contributed by atoms with Crippen LogP contribution in [0.3, 0.4) is 0 Å². The van der Waals surface area contributed by atoms with E-state index in [0.717, 1.165) is 29.2 Å². The number of carbonyl (C=O) groups excluding carboxylic acids is 6. The highest BCUT2D eigenvalue weighted by Gasteiger charge is 2.48. The number of alkyl halides is 2. The predicted molar refractivity (Wildman–Crippen MR) is 215 cm³/mol. The van der Waals surface area contributed by atoms with Crippen molar-refractivity contribution in [1.29, 1.82) is 0 Å². The molecular formula is C40H54F2N6O14. The minimum atomic E-state index is -3.28. The molecule has 0 spiro atoms. The number of likely N-dealkylation sites (tertiary alicyclic amines) is 1. The number of nitrogens with zero attached hydrogens (tertiary/aromatic N) is 2. The van der Waals surface area contributed by atoms with E-state index in [1.807, 2.05) is 0 Å². The predicted octanol–water partition coefficient (Wildman–Crippen LogP) is 4.69. The Labute approximate surface area is 356 Å². The van der Waals surface area contributed by atoms with E-state index >= 15 is 0 Å². The molecule has 1 fully saturated rings. The Morgan fingerprint density at radius 1 is 0.887 bits per heavy atom. The van der Waals surface area contributed by atoms with E-state index in [1.165, 1.54) is 31.2 Å². The maximum Gasteiger partial charge on any atom is 0.513 e. The maximum atomic E-state index is 14.3. The number of anilines is 1. The Balaban J connectivity index is 1.37. The molecule has 0 aliphatic carbocycles. The number of carbonyl (C=O) groups is 6. The van der Waals surface area contributed by atoms with Gasteiger partial charge in [-0.15, -0.1) is 0 Å². The monoisotopic (exact) mass is 880 g/mol. The first kappa shape index (κ1) is 50.2. The van der Waals surface area contributed by atoms with Gasteiger partial charge in [0.1, 0.15) is 36.6 Å². The highest BCUT2D eigenvalue weighted by Crippen LogP contribution is 2.33. The van der Waals surface area contributed by atoms with Gasteiger partial charge in [-0.3, -0.25) is 29.4 Å². The molecule has 3 rings (SSSR count). The van der Waals surface area contributed by atoms with Crippen molar-refractivity contribution in [1.82, 2.24) is 20.9 Å². The molecule has 1 aliphatic heterocycles. The van der Waals surface area contributed by atoms with Gasteiger partial charge < -0.3 is 49.7 Å². The molecular weight excluding hydrogens is 826 g/mol.